The Balaban J connectivity index is 6.40. The molecule has 2 amide bonds. The summed E-state index contributed by atoms with van der Waals surface area (Å²) < 4.78 is 12.5. The van der Waals surface area contributed by atoms with Gasteiger partial charge in [0.25, 0.3) is 0 Å². The molecule has 1 unspecified atom stereocenters. The van der Waals surface area contributed by atoms with E-state index in [0.717, 1.165) is 0 Å². The summed E-state index contributed by atoms with van der Waals surface area (Å²) >= 11 is 0. The van der Waals surface area contributed by atoms with Gasteiger partial charge in [-0.25, -0.2) is 9.59 Å². The Morgan fingerprint density at radius 2 is 1.42 bits per heavy atom. The molecule has 38 heavy (non-hydrogen) atoms. The Bertz CT molecular complexity index is 770. The number of aliphatic carboxylic acids is 1. The molecule has 0 rings (SSSR count). The number of carbonyl (C=O) groups excluding carboxylic acids is 2. The third-order valence-corrected chi connectivity index (χ3v) is 12.0. The molecule has 0 aromatic heterocycles. The quantitative estimate of drug-likeness (QED) is 0.207. The highest BCUT2D eigenvalue weighted by atomic mass is 28.4. The molecule has 8 nitrogen and oxygen atoms in total. The molecule has 0 aliphatic carbocycles. The van der Waals surface area contributed by atoms with Crippen molar-refractivity contribution in [1.29, 1.82) is 0 Å². The van der Waals surface area contributed by atoms with Crippen LogP contribution in [0.25, 0.3) is 0 Å². The summed E-state index contributed by atoms with van der Waals surface area (Å²) in [6, 6.07) is -1.34. The standard InChI is InChI=1S/C29H58N2O6Si/c1-15-20(6)24(26(33)34)31-25(32)21(19(4)5)17-23(37-38(13,14)29(10,11)12)22(16-18(2)3)30-27(35)36-28(7,8)9/h18-24H,15-17H2,1-14H3,(H,30,35)(H,31,32)(H,33,34)/t20?,21-,22-,23+,24-/m0/s1. The van der Waals surface area contributed by atoms with Crippen molar-refractivity contribution in [2.75, 3.05) is 0 Å². The minimum Gasteiger partial charge on any atom is -0.480 e. The number of amides is 2. The monoisotopic (exact) mass is 558 g/mol. The van der Waals surface area contributed by atoms with Crippen LogP contribution in [0.2, 0.25) is 18.1 Å². The molecular formula is C29H58N2O6Si. The van der Waals surface area contributed by atoms with Gasteiger partial charge in [-0.1, -0.05) is 68.7 Å². The molecule has 224 valence electrons. The number of ether oxygens (including phenoxy) is 1. The van der Waals surface area contributed by atoms with Gasteiger partial charge in [0.1, 0.15) is 11.6 Å². The third-order valence-electron chi connectivity index (χ3n) is 7.53. The number of hydrogen-bond donors (Lipinski definition) is 3. The van der Waals surface area contributed by atoms with Gasteiger partial charge in [0.15, 0.2) is 8.32 Å². The maximum Gasteiger partial charge on any atom is 0.407 e. The van der Waals surface area contributed by atoms with Crippen LogP contribution in [0.3, 0.4) is 0 Å². The van der Waals surface area contributed by atoms with Crippen molar-refractivity contribution in [2.24, 2.45) is 23.7 Å². The van der Waals surface area contributed by atoms with Crippen molar-refractivity contribution in [3.63, 3.8) is 0 Å². The van der Waals surface area contributed by atoms with Crippen LogP contribution in [-0.2, 0) is 18.8 Å². The van der Waals surface area contributed by atoms with E-state index in [9.17, 15) is 19.5 Å². The predicted molar refractivity (Wildman–Crippen MR) is 157 cm³/mol. The van der Waals surface area contributed by atoms with Crippen LogP contribution in [0.1, 0.15) is 102 Å². The predicted octanol–water partition coefficient (Wildman–Crippen LogP) is 6.59. The van der Waals surface area contributed by atoms with E-state index in [1.54, 1.807) is 0 Å². The number of carbonyl (C=O) groups is 3. The van der Waals surface area contributed by atoms with Crippen molar-refractivity contribution in [3.05, 3.63) is 0 Å². The first-order chi connectivity index (χ1) is 17.0. The molecule has 0 aromatic carbocycles. The Kier molecular flexibility index (Phi) is 14.1. The minimum atomic E-state index is -2.31. The second kappa shape index (κ2) is 14.7. The molecule has 0 saturated heterocycles. The first kappa shape index (κ1) is 36.4. The fourth-order valence-electron chi connectivity index (χ4n) is 4.00. The first-order valence-electron chi connectivity index (χ1n) is 14.2. The van der Waals surface area contributed by atoms with Gasteiger partial charge in [0.2, 0.25) is 5.91 Å². The SMILES string of the molecule is CCC(C)[C@H](NC(=O)[C@@H](C[C@@H](O[Si](C)(C)C(C)(C)C)[C@H](CC(C)C)NC(=O)OC(C)(C)C)C(C)C)C(=O)O. The lowest BCUT2D eigenvalue weighted by molar-refractivity contribution is -0.144. The van der Waals surface area contributed by atoms with Gasteiger partial charge in [-0.2, -0.15) is 0 Å². The van der Waals surface area contributed by atoms with E-state index in [-0.39, 0.29) is 34.7 Å². The van der Waals surface area contributed by atoms with Gasteiger partial charge >= 0.3 is 12.1 Å². The molecule has 9 heteroatoms. The lowest BCUT2D eigenvalue weighted by Crippen LogP contribution is -2.55. The fourth-order valence-corrected chi connectivity index (χ4v) is 5.37. The van der Waals surface area contributed by atoms with E-state index < -0.39 is 44.0 Å². The molecule has 0 saturated carbocycles. The minimum absolute atomic E-state index is 0.0619. The largest absolute Gasteiger partial charge is 0.480 e. The number of alkyl carbamates (subject to hydrolysis) is 1. The summed E-state index contributed by atoms with van der Waals surface area (Å²) in [5.41, 5.74) is -0.648. The zero-order valence-corrected chi connectivity index (χ0v) is 27.7. The van der Waals surface area contributed by atoms with Gasteiger partial charge < -0.3 is 24.9 Å². The molecule has 0 aliphatic rings. The van der Waals surface area contributed by atoms with Crippen molar-refractivity contribution in [1.82, 2.24) is 10.6 Å². The van der Waals surface area contributed by atoms with E-state index in [4.69, 9.17) is 9.16 Å². The maximum atomic E-state index is 13.5. The van der Waals surface area contributed by atoms with Crippen LogP contribution >= 0.6 is 0 Å². The summed E-state index contributed by atoms with van der Waals surface area (Å²) in [6.07, 6.45) is 0.680. The van der Waals surface area contributed by atoms with E-state index in [2.05, 4.69) is 58.3 Å². The van der Waals surface area contributed by atoms with E-state index in [0.29, 0.717) is 19.3 Å². The lowest BCUT2D eigenvalue weighted by Gasteiger charge is -2.43. The third kappa shape index (κ3) is 12.5. The topological polar surface area (TPSA) is 114 Å². The summed E-state index contributed by atoms with van der Waals surface area (Å²) in [5.74, 6) is -1.83. The summed E-state index contributed by atoms with van der Waals surface area (Å²) in [5, 5.41) is 15.5. The molecule has 0 spiro atoms. The molecule has 0 aliphatic heterocycles. The van der Waals surface area contributed by atoms with Gasteiger partial charge in [0, 0.05) is 5.92 Å². The molecule has 0 heterocycles. The number of carboxylic acids is 1. The highest BCUT2D eigenvalue weighted by Crippen LogP contribution is 2.39. The molecular weight excluding hydrogens is 500 g/mol. The molecule has 0 fully saturated rings. The Morgan fingerprint density at radius 1 is 0.895 bits per heavy atom. The number of rotatable bonds is 14. The Morgan fingerprint density at radius 3 is 1.79 bits per heavy atom. The van der Waals surface area contributed by atoms with Crippen LogP contribution in [0.5, 0.6) is 0 Å². The van der Waals surface area contributed by atoms with Crippen LogP contribution < -0.4 is 10.6 Å². The van der Waals surface area contributed by atoms with Gasteiger partial charge in [-0.3, -0.25) is 4.79 Å². The van der Waals surface area contributed by atoms with Crippen molar-refractivity contribution in [2.45, 2.75) is 144 Å². The Hall–Kier alpha value is -1.61. The Labute approximate surface area is 233 Å². The second-order valence-corrected chi connectivity index (χ2v) is 18.9. The summed E-state index contributed by atoms with van der Waals surface area (Å²) in [6.45, 7) is 28.1. The molecule has 3 N–H and O–H groups in total. The first-order valence-corrected chi connectivity index (χ1v) is 17.1. The van der Waals surface area contributed by atoms with Crippen molar-refractivity contribution in [3.8, 4) is 0 Å². The summed E-state index contributed by atoms with van der Waals surface area (Å²) in [7, 11) is -2.31. The summed E-state index contributed by atoms with van der Waals surface area (Å²) in [4.78, 5) is 38.3. The normalized spacial score (nSPS) is 16.9. The molecule has 0 aromatic rings. The average Bonchev–Trinajstić information content (AvgIpc) is 2.70. The number of carboxylic acid groups (broad SMARTS) is 1. The number of hydrogen-bond acceptors (Lipinski definition) is 5. The van der Waals surface area contributed by atoms with Gasteiger partial charge in [0.05, 0.1) is 12.1 Å². The van der Waals surface area contributed by atoms with E-state index >= 15 is 0 Å². The highest BCUT2D eigenvalue weighted by Gasteiger charge is 2.43. The molecule has 5 atom stereocenters. The van der Waals surface area contributed by atoms with Crippen LogP contribution in [-0.4, -0.2) is 55.2 Å². The zero-order valence-electron chi connectivity index (χ0n) is 26.7. The van der Waals surface area contributed by atoms with E-state index in [1.807, 2.05) is 48.5 Å². The number of nitrogens with one attached hydrogen (secondary N) is 2. The molecule has 0 radical (unpaired) electrons. The van der Waals surface area contributed by atoms with Gasteiger partial charge in [-0.15, -0.1) is 0 Å². The van der Waals surface area contributed by atoms with Crippen LogP contribution in [0.4, 0.5) is 4.79 Å². The van der Waals surface area contributed by atoms with Gasteiger partial charge in [-0.05, 0) is 69.5 Å². The fraction of sp³-hybridized carbons (Fsp3) is 0.897. The molecule has 0 bridgehead atoms. The van der Waals surface area contributed by atoms with Crippen molar-refractivity contribution < 1.29 is 28.7 Å². The van der Waals surface area contributed by atoms with Crippen molar-refractivity contribution >= 4 is 26.3 Å². The smallest absolute Gasteiger partial charge is 0.407 e. The van der Waals surface area contributed by atoms with E-state index in [1.165, 1.54) is 0 Å². The average molecular weight is 559 g/mol. The zero-order chi connectivity index (χ0) is 30.2. The van der Waals surface area contributed by atoms with Crippen LogP contribution in [0, 0.1) is 23.7 Å². The second-order valence-electron chi connectivity index (χ2n) is 14.1. The van der Waals surface area contributed by atoms with Crippen LogP contribution in [0.15, 0.2) is 0 Å². The highest BCUT2D eigenvalue weighted by molar-refractivity contribution is 6.74. The lowest BCUT2D eigenvalue weighted by atomic mass is 9.85. The maximum absolute atomic E-state index is 13.5.